The predicted molar refractivity (Wildman–Crippen MR) is 254 cm³/mol. The summed E-state index contributed by atoms with van der Waals surface area (Å²) in [5.74, 6) is 0.864. The smallest absolute Gasteiger partial charge is 0.138 e. The van der Waals surface area contributed by atoms with Crippen LogP contribution in [-0.4, -0.2) is 23.3 Å². The van der Waals surface area contributed by atoms with E-state index in [9.17, 15) is 0 Å². The molecule has 0 aliphatic heterocycles. The summed E-state index contributed by atoms with van der Waals surface area (Å²) in [5, 5.41) is 2.38. The molecule has 0 amide bonds. The maximum absolute atomic E-state index is 5.51. The Balaban J connectivity index is 1.18. The highest BCUT2D eigenvalue weighted by molar-refractivity contribution is 6.16. The highest BCUT2D eigenvalue weighted by Gasteiger charge is 2.22. The Labute approximate surface area is 351 Å². The van der Waals surface area contributed by atoms with Gasteiger partial charge in [0.1, 0.15) is 5.82 Å². The number of rotatable bonds is 10. The first kappa shape index (κ1) is 36.5. The topological polar surface area (TPSA) is 33.4 Å². The molecule has 0 unspecified atom stereocenters. The fourth-order valence-corrected chi connectivity index (χ4v) is 8.57. The number of benzene rings is 8. The molecular weight excluding hydrogens is 729 g/mol. The van der Waals surface area contributed by atoms with Crippen LogP contribution in [0.3, 0.4) is 0 Å². The number of aliphatic imine (C=N–C) groups is 1. The van der Waals surface area contributed by atoms with Gasteiger partial charge in [-0.1, -0.05) is 176 Å². The lowest BCUT2D eigenvalue weighted by molar-refractivity contribution is 0.926. The van der Waals surface area contributed by atoms with Crippen molar-refractivity contribution >= 4 is 39.9 Å². The van der Waals surface area contributed by atoms with Gasteiger partial charge >= 0.3 is 0 Å². The molecule has 0 saturated heterocycles. The third-order valence-corrected chi connectivity index (χ3v) is 11.5. The van der Waals surface area contributed by atoms with Crippen LogP contribution in [0.25, 0.3) is 83.4 Å². The lowest BCUT2D eigenvalue weighted by Gasteiger charge is -2.23. The van der Waals surface area contributed by atoms with Gasteiger partial charge in [-0.25, -0.2) is 4.98 Å². The molecule has 0 spiro atoms. The number of hydrogen-bond acceptors (Lipinski definition) is 3. The number of hydrogen-bond donors (Lipinski definition) is 0. The summed E-state index contributed by atoms with van der Waals surface area (Å²) in [6.07, 6.45) is 0. The van der Waals surface area contributed by atoms with Crippen molar-refractivity contribution in [3.63, 3.8) is 0 Å². The summed E-state index contributed by atoms with van der Waals surface area (Å²) in [5.41, 5.74) is 16.7. The van der Waals surface area contributed by atoms with Crippen LogP contribution >= 0.6 is 0 Å². The summed E-state index contributed by atoms with van der Waals surface area (Å²) in [6.45, 7) is 4.53. The van der Waals surface area contributed by atoms with Crippen molar-refractivity contribution in [2.75, 3.05) is 11.9 Å². The molecule has 0 bridgehead atoms. The van der Waals surface area contributed by atoms with Crippen LogP contribution in [-0.2, 0) is 6.54 Å². The number of nitrogens with zero attached hydrogens (tertiary/aromatic N) is 4. The van der Waals surface area contributed by atoms with E-state index in [0.717, 1.165) is 50.6 Å². The molecule has 0 radical (unpaired) electrons. The van der Waals surface area contributed by atoms with Crippen molar-refractivity contribution in [3.8, 4) is 61.6 Å². The van der Waals surface area contributed by atoms with Crippen LogP contribution in [0, 0.1) is 0 Å². The molecular formula is C56H42N4. The maximum Gasteiger partial charge on any atom is 0.138 e. The van der Waals surface area contributed by atoms with Crippen LogP contribution in [0.4, 0.5) is 11.4 Å². The van der Waals surface area contributed by atoms with E-state index < -0.39 is 0 Å². The second-order valence-electron chi connectivity index (χ2n) is 15.2. The molecule has 0 atom stereocenters. The van der Waals surface area contributed by atoms with E-state index in [0.29, 0.717) is 6.54 Å². The van der Waals surface area contributed by atoms with Gasteiger partial charge < -0.3 is 4.90 Å². The first-order chi connectivity index (χ1) is 29.6. The number of aromatic nitrogens is 2. The summed E-state index contributed by atoms with van der Waals surface area (Å²) < 4.78 is 2.35. The van der Waals surface area contributed by atoms with Crippen molar-refractivity contribution in [1.29, 1.82) is 0 Å². The first-order valence-electron chi connectivity index (χ1n) is 20.3. The van der Waals surface area contributed by atoms with Crippen molar-refractivity contribution in [2.45, 2.75) is 6.54 Å². The van der Waals surface area contributed by atoms with Gasteiger partial charge in [0.05, 0.1) is 28.1 Å². The third-order valence-electron chi connectivity index (χ3n) is 11.5. The zero-order chi connectivity index (χ0) is 40.4. The Morgan fingerprint density at radius 1 is 0.483 bits per heavy atom. The summed E-state index contributed by atoms with van der Waals surface area (Å²) in [7, 11) is 2.13. The molecule has 0 saturated carbocycles. The molecule has 0 aliphatic carbocycles. The zero-order valence-electron chi connectivity index (χ0n) is 33.4. The van der Waals surface area contributed by atoms with Gasteiger partial charge in [-0.05, 0) is 93.2 Å². The van der Waals surface area contributed by atoms with E-state index in [1.54, 1.807) is 0 Å². The highest BCUT2D eigenvalue weighted by Crippen LogP contribution is 2.42. The number of pyridine rings is 1. The van der Waals surface area contributed by atoms with Crippen LogP contribution in [0.2, 0.25) is 0 Å². The molecule has 2 aromatic heterocycles. The minimum absolute atomic E-state index is 0.683. The average molecular weight is 771 g/mol. The third kappa shape index (κ3) is 6.84. The molecule has 2 heterocycles. The van der Waals surface area contributed by atoms with Crippen LogP contribution in [0.1, 0.15) is 5.56 Å². The molecule has 0 fully saturated rings. The molecule has 8 aromatic carbocycles. The Bertz CT molecular complexity index is 3010. The Hall–Kier alpha value is -7.82. The predicted octanol–water partition coefficient (Wildman–Crippen LogP) is 14.5. The number of anilines is 1. The molecule has 60 heavy (non-hydrogen) atoms. The highest BCUT2D eigenvalue weighted by atomic mass is 15.1. The molecule has 0 N–H and O–H groups in total. The summed E-state index contributed by atoms with van der Waals surface area (Å²) >= 11 is 0. The van der Waals surface area contributed by atoms with E-state index in [1.165, 1.54) is 49.7 Å². The van der Waals surface area contributed by atoms with E-state index in [1.807, 2.05) is 12.1 Å². The van der Waals surface area contributed by atoms with E-state index in [2.05, 4.69) is 228 Å². The Morgan fingerprint density at radius 2 is 1.00 bits per heavy atom. The zero-order valence-corrected chi connectivity index (χ0v) is 33.4. The summed E-state index contributed by atoms with van der Waals surface area (Å²) in [4.78, 5) is 12.1. The van der Waals surface area contributed by atoms with Gasteiger partial charge in [0, 0.05) is 29.9 Å². The molecule has 4 heteroatoms. The average Bonchev–Trinajstić information content (AvgIpc) is 3.66. The number of para-hydroxylation sites is 3. The monoisotopic (exact) mass is 770 g/mol. The normalized spacial score (nSPS) is 11.2. The molecule has 286 valence electrons. The minimum Gasteiger partial charge on any atom is -0.369 e. The molecule has 4 nitrogen and oxygen atoms in total. The SMILES string of the molecule is C=Nc1ccccc1N(C)Cc1ccc2c(c1-c1ccccc1)c1ccccc1n2-c1cc(-c2ccc(-c3ccccc3)cc2)cc(-c2ccc(-c3ccccc3)cc2)n1. The molecule has 0 aliphatic rings. The molecule has 10 rings (SSSR count). The van der Waals surface area contributed by atoms with Gasteiger partial charge in [-0.15, -0.1) is 0 Å². The Morgan fingerprint density at radius 3 is 1.63 bits per heavy atom. The van der Waals surface area contributed by atoms with Crippen molar-refractivity contribution < 1.29 is 0 Å². The Kier molecular flexibility index (Phi) is 9.64. The number of fused-ring (bicyclic) bond motifs is 3. The van der Waals surface area contributed by atoms with Gasteiger partial charge in [0.25, 0.3) is 0 Å². The van der Waals surface area contributed by atoms with E-state index >= 15 is 0 Å². The quantitative estimate of drug-likeness (QED) is 0.130. The van der Waals surface area contributed by atoms with Crippen molar-refractivity contribution in [3.05, 3.63) is 218 Å². The summed E-state index contributed by atoms with van der Waals surface area (Å²) in [6, 6.07) is 75.5. The van der Waals surface area contributed by atoms with Crippen LogP contribution in [0.15, 0.2) is 217 Å². The van der Waals surface area contributed by atoms with E-state index in [4.69, 9.17) is 4.98 Å². The second-order valence-corrected chi connectivity index (χ2v) is 15.2. The standard InChI is InChI=1S/C56H42N4/c1-57-49-23-13-15-25-52(49)59(2)38-46-34-35-53-56(55(46)45-20-10-5-11-21-45)48-22-12-14-24-51(48)60(53)54-37-47(43-28-26-41(27-29-43)39-16-6-3-7-17-39)36-50(58-54)44-32-30-42(31-33-44)40-18-8-4-9-19-40/h3-37H,1,38H2,2H3. The minimum atomic E-state index is 0.683. The maximum atomic E-state index is 5.51. The largest absolute Gasteiger partial charge is 0.369 e. The fraction of sp³-hybridized carbons (Fsp3) is 0.0357. The molecule has 10 aromatic rings. The van der Waals surface area contributed by atoms with E-state index in [-0.39, 0.29) is 0 Å². The lowest BCUT2D eigenvalue weighted by Crippen LogP contribution is -2.17. The van der Waals surface area contributed by atoms with Crippen molar-refractivity contribution in [1.82, 2.24) is 9.55 Å². The van der Waals surface area contributed by atoms with Gasteiger partial charge in [0.2, 0.25) is 0 Å². The fourth-order valence-electron chi connectivity index (χ4n) is 8.57. The lowest BCUT2D eigenvalue weighted by atomic mass is 9.94. The van der Waals surface area contributed by atoms with Crippen LogP contribution < -0.4 is 4.90 Å². The first-order valence-corrected chi connectivity index (χ1v) is 20.3. The van der Waals surface area contributed by atoms with Gasteiger partial charge in [-0.2, -0.15) is 0 Å². The van der Waals surface area contributed by atoms with Crippen molar-refractivity contribution in [2.24, 2.45) is 4.99 Å². The van der Waals surface area contributed by atoms with Crippen LogP contribution in [0.5, 0.6) is 0 Å². The second kappa shape index (κ2) is 15.8. The van der Waals surface area contributed by atoms with Gasteiger partial charge in [0.15, 0.2) is 0 Å². The van der Waals surface area contributed by atoms with Gasteiger partial charge in [-0.3, -0.25) is 9.56 Å².